The number of hydrogen-bond acceptors (Lipinski definition) is 6. The van der Waals surface area contributed by atoms with Crippen LogP contribution in [0.1, 0.15) is 29.8 Å². The van der Waals surface area contributed by atoms with Crippen molar-refractivity contribution >= 4 is 46.5 Å². The van der Waals surface area contributed by atoms with Crippen molar-refractivity contribution in [1.82, 2.24) is 9.80 Å². The molecule has 42 heavy (non-hydrogen) atoms. The third-order valence-corrected chi connectivity index (χ3v) is 7.94. The lowest BCUT2D eigenvalue weighted by Gasteiger charge is -2.38. The number of anilines is 2. The Morgan fingerprint density at radius 2 is 1.79 bits per heavy atom. The summed E-state index contributed by atoms with van der Waals surface area (Å²) in [5.41, 5.74) is 2.33. The van der Waals surface area contributed by atoms with Gasteiger partial charge in [0.15, 0.2) is 0 Å². The van der Waals surface area contributed by atoms with Gasteiger partial charge in [-0.1, -0.05) is 36.2 Å². The summed E-state index contributed by atoms with van der Waals surface area (Å²) in [4.78, 5) is 30.2. The van der Waals surface area contributed by atoms with Crippen molar-refractivity contribution < 1.29 is 24.2 Å². The van der Waals surface area contributed by atoms with E-state index in [0.717, 1.165) is 5.56 Å². The van der Waals surface area contributed by atoms with E-state index in [1.807, 2.05) is 33.0 Å². The van der Waals surface area contributed by atoms with Crippen molar-refractivity contribution in [2.75, 3.05) is 44.5 Å². The molecule has 3 N–H and O–H groups in total. The summed E-state index contributed by atoms with van der Waals surface area (Å²) in [6, 6.07) is 16.6. The lowest BCUT2D eigenvalue weighted by atomic mass is 9.99. The van der Waals surface area contributed by atoms with Crippen LogP contribution in [0.4, 0.5) is 16.2 Å². The van der Waals surface area contributed by atoms with Gasteiger partial charge in [0.25, 0.3) is 5.91 Å². The Hall–Kier alpha value is -3.50. The number of carbonyl (C=O) groups is 2. The molecule has 0 saturated heterocycles. The van der Waals surface area contributed by atoms with Crippen LogP contribution in [0.5, 0.6) is 11.5 Å². The van der Waals surface area contributed by atoms with Gasteiger partial charge in [-0.2, -0.15) is 0 Å². The van der Waals surface area contributed by atoms with E-state index >= 15 is 0 Å². The molecule has 0 radical (unpaired) electrons. The molecule has 3 aromatic rings. The van der Waals surface area contributed by atoms with Gasteiger partial charge in [0.2, 0.25) is 0 Å². The van der Waals surface area contributed by atoms with Gasteiger partial charge in [-0.15, -0.1) is 0 Å². The number of aliphatic hydroxyl groups excluding tert-OH is 1. The minimum atomic E-state index is -0.463. The maximum atomic E-state index is 13.7. The van der Waals surface area contributed by atoms with Crippen molar-refractivity contribution in [1.29, 1.82) is 0 Å². The molecule has 1 aliphatic heterocycles. The first-order valence-corrected chi connectivity index (χ1v) is 14.4. The monoisotopic (exact) mass is 614 g/mol. The number of benzene rings is 3. The number of amides is 3. The van der Waals surface area contributed by atoms with E-state index in [-0.39, 0.29) is 24.5 Å². The zero-order valence-electron chi connectivity index (χ0n) is 24.1. The first-order valence-electron chi connectivity index (χ1n) is 13.6. The minimum absolute atomic E-state index is 0.0413. The molecular weight excluding hydrogens is 579 g/mol. The second-order valence-electron chi connectivity index (χ2n) is 10.6. The van der Waals surface area contributed by atoms with E-state index in [9.17, 15) is 14.7 Å². The first kappa shape index (κ1) is 31.4. The van der Waals surface area contributed by atoms with Crippen LogP contribution in [0, 0.1) is 5.92 Å². The molecular formula is C31H36Cl2N4O5. The summed E-state index contributed by atoms with van der Waals surface area (Å²) < 4.78 is 11.6. The topological polar surface area (TPSA) is 103 Å². The predicted octanol–water partition coefficient (Wildman–Crippen LogP) is 6.00. The second kappa shape index (κ2) is 14.1. The number of carbonyl (C=O) groups excluding carboxylic acids is 2. The molecule has 0 unspecified atom stereocenters. The van der Waals surface area contributed by atoms with Crippen LogP contribution in [0.3, 0.4) is 0 Å². The molecule has 9 nitrogen and oxygen atoms in total. The summed E-state index contributed by atoms with van der Waals surface area (Å²) in [7, 11) is 3.56. The van der Waals surface area contributed by atoms with E-state index in [2.05, 4.69) is 15.5 Å². The Balaban J connectivity index is 1.54. The van der Waals surface area contributed by atoms with E-state index in [0.29, 0.717) is 58.1 Å². The zero-order chi connectivity index (χ0) is 30.4. The number of likely N-dealkylation sites (N-methyl/N-ethyl adjacent to an activating group) is 1. The minimum Gasteiger partial charge on any atom is -0.497 e. The van der Waals surface area contributed by atoms with Gasteiger partial charge in [-0.05, 0) is 74.1 Å². The molecule has 0 bridgehead atoms. The molecule has 3 amide bonds. The fourth-order valence-corrected chi connectivity index (χ4v) is 5.13. The number of nitrogens with one attached hydrogen (secondary N) is 2. The SMILES string of the molecule is COc1ccc(NC(=O)Nc2ccc3c(c2)C(=O)N([C@@H](C)CO)C[C@H](C)[C@H](CN(C)Cc2ccc(Cl)c(Cl)c2)O3)cc1. The summed E-state index contributed by atoms with van der Waals surface area (Å²) in [6.07, 6.45) is -0.268. The molecule has 0 saturated carbocycles. The third kappa shape index (κ3) is 7.86. The number of methoxy groups -OCH3 is 1. The molecule has 3 atom stereocenters. The Kier molecular flexibility index (Phi) is 10.6. The quantitative estimate of drug-likeness (QED) is 0.273. The van der Waals surface area contributed by atoms with E-state index < -0.39 is 12.1 Å². The van der Waals surface area contributed by atoms with Crippen molar-refractivity contribution in [2.45, 2.75) is 32.5 Å². The Morgan fingerprint density at radius 1 is 1.10 bits per heavy atom. The second-order valence-corrected chi connectivity index (χ2v) is 11.4. The van der Waals surface area contributed by atoms with Crippen LogP contribution < -0.4 is 20.1 Å². The molecule has 4 rings (SSSR count). The van der Waals surface area contributed by atoms with Crippen molar-refractivity contribution in [2.24, 2.45) is 5.92 Å². The number of hydrogen-bond donors (Lipinski definition) is 3. The van der Waals surface area contributed by atoms with Crippen molar-refractivity contribution in [3.8, 4) is 11.5 Å². The predicted molar refractivity (Wildman–Crippen MR) is 166 cm³/mol. The maximum Gasteiger partial charge on any atom is 0.323 e. The normalized spacial score (nSPS) is 17.5. The Bertz CT molecular complexity index is 1400. The Morgan fingerprint density at radius 3 is 2.45 bits per heavy atom. The highest BCUT2D eigenvalue weighted by Crippen LogP contribution is 2.31. The van der Waals surface area contributed by atoms with Gasteiger partial charge in [0, 0.05) is 36.9 Å². The van der Waals surface area contributed by atoms with Crippen LogP contribution in [0.25, 0.3) is 0 Å². The zero-order valence-corrected chi connectivity index (χ0v) is 25.6. The number of nitrogens with zero attached hydrogens (tertiary/aromatic N) is 2. The first-order chi connectivity index (χ1) is 20.1. The average Bonchev–Trinajstić information content (AvgIpc) is 2.97. The molecule has 11 heteroatoms. The summed E-state index contributed by atoms with van der Waals surface area (Å²) >= 11 is 12.3. The summed E-state index contributed by atoms with van der Waals surface area (Å²) in [5.74, 6) is 0.771. The summed E-state index contributed by atoms with van der Waals surface area (Å²) in [5, 5.41) is 16.5. The lowest BCUT2D eigenvalue weighted by molar-refractivity contribution is 0.0341. The molecule has 0 aromatic heterocycles. The average molecular weight is 616 g/mol. The van der Waals surface area contributed by atoms with Crippen LogP contribution >= 0.6 is 23.2 Å². The fraction of sp³-hybridized carbons (Fsp3) is 0.355. The maximum absolute atomic E-state index is 13.7. The van der Waals surface area contributed by atoms with Crippen molar-refractivity contribution in [3.05, 3.63) is 81.8 Å². The number of halogens is 2. The van der Waals surface area contributed by atoms with Gasteiger partial charge >= 0.3 is 6.03 Å². The van der Waals surface area contributed by atoms with Crippen LogP contribution in [0.15, 0.2) is 60.7 Å². The van der Waals surface area contributed by atoms with E-state index in [1.165, 1.54) is 0 Å². The number of aliphatic hydroxyl groups is 1. The largest absolute Gasteiger partial charge is 0.497 e. The molecule has 0 spiro atoms. The standard InChI is InChI=1S/C31H36Cl2N4O5/c1-19-15-37(20(2)18-38)30(39)25-14-23(35-31(40)34-22-6-9-24(41-4)10-7-22)8-12-28(25)42-29(19)17-36(3)16-21-5-11-26(32)27(33)13-21/h5-14,19-20,29,38H,15-18H2,1-4H3,(H2,34,35,40)/t19-,20-,29-/m0/s1. The fourth-order valence-electron chi connectivity index (χ4n) is 4.81. The molecule has 3 aromatic carbocycles. The van der Waals surface area contributed by atoms with Gasteiger partial charge < -0.3 is 30.1 Å². The van der Waals surface area contributed by atoms with E-state index in [4.69, 9.17) is 32.7 Å². The van der Waals surface area contributed by atoms with E-state index in [1.54, 1.807) is 60.5 Å². The Labute approximate surface area is 256 Å². The van der Waals surface area contributed by atoms with Gasteiger partial charge in [0.05, 0.1) is 35.4 Å². The highest BCUT2D eigenvalue weighted by molar-refractivity contribution is 6.42. The number of ether oxygens (including phenoxy) is 2. The molecule has 0 aliphatic carbocycles. The highest BCUT2D eigenvalue weighted by atomic mass is 35.5. The van der Waals surface area contributed by atoms with Crippen LogP contribution in [-0.4, -0.2) is 72.8 Å². The van der Waals surface area contributed by atoms with Gasteiger partial charge in [-0.3, -0.25) is 9.69 Å². The number of urea groups is 1. The van der Waals surface area contributed by atoms with Gasteiger partial charge in [-0.25, -0.2) is 4.79 Å². The molecule has 224 valence electrons. The number of rotatable bonds is 9. The lowest BCUT2D eigenvalue weighted by Crippen LogP contribution is -2.49. The molecule has 1 aliphatic rings. The molecule has 0 fully saturated rings. The van der Waals surface area contributed by atoms with Gasteiger partial charge in [0.1, 0.15) is 17.6 Å². The smallest absolute Gasteiger partial charge is 0.323 e. The van der Waals surface area contributed by atoms with Crippen LogP contribution in [-0.2, 0) is 6.54 Å². The van der Waals surface area contributed by atoms with Crippen LogP contribution in [0.2, 0.25) is 10.0 Å². The number of fused-ring (bicyclic) bond motifs is 1. The molecule has 1 heterocycles. The summed E-state index contributed by atoms with van der Waals surface area (Å²) in [6.45, 7) is 5.24. The highest BCUT2D eigenvalue weighted by Gasteiger charge is 2.33. The third-order valence-electron chi connectivity index (χ3n) is 7.20. The van der Waals surface area contributed by atoms with Crippen molar-refractivity contribution in [3.63, 3.8) is 0 Å².